The molecule has 6 nitrogen and oxygen atoms in total. The molecule has 1 fully saturated rings. The maximum Gasteiger partial charge on any atom is 0.251 e. The van der Waals surface area contributed by atoms with E-state index in [-0.39, 0.29) is 62.8 Å². The molecule has 1 saturated heterocycles. The van der Waals surface area contributed by atoms with Crippen LogP contribution in [0.3, 0.4) is 0 Å². The molecule has 0 bridgehead atoms. The number of methoxy groups -OCH3 is 1. The number of hydroxylamine groups is 1. The number of hydrogen-bond acceptors (Lipinski definition) is 7. The van der Waals surface area contributed by atoms with Gasteiger partial charge in [0, 0.05) is 70.3 Å². The Morgan fingerprint density at radius 3 is 2.40 bits per heavy atom. The van der Waals surface area contributed by atoms with Crippen molar-refractivity contribution in [2.45, 2.75) is 23.8 Å². The number of nitrogens with two attached hydrogens (primary N) is 1. The third-order valence-electron chi connectivity index (χ3n) is 4.28. The molecule has 2 heterocycles. The van der Waals surface area contributed by atoms with Crippen molar-refractivity contribution in [3.05, 3.63) is 42.1 Å². The van der Waals surface area contributed by atoms with Crippen LogP contribution in [-0.2, 0) is 0 Å². The van der Waals surface area contributed by atoms with Crippen molar-refractivity contribution in [2.24, 2.45) is 5.14 Å². The molecular formula is C18H22F4N4O2SU. The van der Waals surface area contributed by atoms with E-state index in [0.29, 0.717) is 16.4 Å². The summed E-state index contributed by atoms with van der Waals surface area (Å²) in [5.41, 5.74) is 0.986. The molecule has 0 radical (unpaired) electrons. The van der Waals surface area contributed by atoms with Gasteiger partial charge in [-0.3, -0.25) is 15.4 Å². The van der Waals surface area contributed by atoms with Crippen LogP contribution in [0.1, 0.15) is 12.8 Å². The molecule has 1 aromatic heterocycles. The average Bonchev–Trinajstić information content (AvgIpc) is 2.70. The number of nitrogens with zero attached hydrogens (tertiary/aromatic N) is 3. The molecule has 0 atom stereocenters. The first kappa shape index (κ1) is 26.8. The fraction of sp³-hybridized carbons (Fsp3) is 0.389. The number of piperidine rings is 1. The maximum absolute atomic E-state index is 13.5. The summed E-state index contributed by atoms with van der Waals surface area (Å²) in [7, 11) is 2.76. The summed E-state index contributed by atoms with van der Waals surface area (Å²) in [6, 6.07) is 5.71. The van der Waals surface area contributed by atoms with Gasteiger partial charge in [0.1, 0.15) is 5.03 Å². The Labute approximate surface area is 200 Å². The second kappa shape index (κ2) is 12.0. The molecule has 0 saturated carbocycles. The Bertz CT molecular complexity index is 823. The molecule has 12 heteroatoms. The molecule has 3 rings (SSSR count). The SMILES string of the molecule is CN(O)c1ccnc(SN)c1.COc1c(N2CCC(F)(F)CC2)ccc(F)c1F.[U]. The molecule has 1 aliphatic heterocycles. The van der Waals surface area contributed by atoms with Crippen molar-refractivity contribution >= 4 is 23.3 Å². The Morgan fingerprint density at radius 1 is 1.23 bits per heavy atom. The van der Waals surface area contributed by atoms with Crippen molar-refractivity contribution in [3.63, 3.8) is 0 Å². The van der Waals surface area contributed by atoms with E-state index in [1.54, 1.807) is 30.3 Å². The van der Waals surface area contributed by atoms with Crippen LogP contribution in [0.15, 0.2) is 35.5 Å². The van der Waals surface area contributed by atoms with Gasteiger partial charge >= 0.3 is 0 Å². The van der Waals surface area contributed by atoms with Gasteiger partial charge in [0.25, 0.3) is 5.92 Å². The Kier molecular flexibility index (Phi) is 10.7. The fourth-order valence-electron chi connectivity index (χ4n) is 2.70. The number of ether oxygens (including phenoxy) is 1. The van der Waals surface area contributed by atoms with Crippen LogP contribution in [0.5, 0.6) is 5.75 Å². The van der Waals surface area contributed by atoms with E-state index in [0.717, 1.165) is 23.1 Å². The number of alkyl halides is 2. The van der Waals surface area contributed by atoms with Crippen LogP contribution in [0.2, 0.25) is 0 Å². The van der Waals surface area contributed by atoms with E-state index in [2.05, 4.69) is 4.98 Å². The van der Waals surface area contributed by atoms with Crippen LogP contribution < -0.4 is 19.8 Å². The van der Waals surface area contributed by atoms with Gasteiger partial charge in [0.15, 0.2) is 11.6 Å². The molecule has 0 spiro atoms. The maximum atomic E-state index is 13.5. The second-order valence-corrected chi connectivity index (χ2v) is 6.90. The first-order valence-corrected chi connectivity index (χ1v) is 9.46. The number of aromatic nitrogens is 1. The van der Waals surface area contributed by atoms with E-state index in [9.17, 15) is 17.6 Å². The summed E-state index contributed by atoms with van der Waals surface area (Å²) in [4.78, 5) is 5.52. The summed E-state index contributed by atoms with van der Waals surface area (Å²) in [5.74, 6) is -5.02. The zero-order valence-corrected chi connectivity index (χ0v) is 21.4. The Morgan fingerprint density at radius 2 is 1.87 bits per heavy atom. The molecule has 30 heavy (non-hydrogen) atoms. The second-order valence-electron chi connectivity index (χ2n) is 6.25. The largest absolute Gasteiger partial charge is 0.491 e. The molecule has 3 N–H and O–H groups in total. The fourth-order valence-corrected chi connectivity index (χ4v) is 3.02. The third-order valence-corrected chi connectivity index (χ3v) is 4.75. The van der Waals surface area contributed by atoms with Crippen LogP contribution in [0, 0.1) is 42.7 Å². The Balaban J connectivity index is 0.000000324. The Hall–Kier alpha value is -1.19. The number of anilines is 2. The van der Waals surface area contributed by atoms with Crippen LogP contribution in [0.25, 0.3) is 0 Å². The third kappa shape index (κ3) is 7.20. The van der Waals surface area contributed by atoms with Crippen molar-refractivity contribution in [1.82, 2.24) is 4.98 Å². The number of rotatable bonds is 4. The van der Waals surface area contributed by atoms with E-state index in [4.69, 9.17) is 15.1 Å². The van der Waals surface area contributed by atoms with Crippen LogP contribution in [0.4, 0.5) is 28.9 Å². The topological polar surface area (TPSA) is 74.8 Å². The van der Waals surface area contributed by atoms with Gasteiger partial charge < -0.3 is 9.64 Å². The van der Waals surface area contributed by atoms with Gasteiger partial charge in [-0.05, 0) is 36.2 Å². The smallest absolute Gasteiger partial charge is 0.251 e. The minimum Gasteiger partial charge on any atom is -0.491 e. The van der Waals surface area contributed by atoms with E-state index < -0.39 is 17.6 Å². The molecule has 1 aromatic carbocycles. The predicted molar refractivity (Wildman–Crippen MR) is 104 cm³/mol. The molecular weight excluding hydrogens is 650 g/mol. The summed E-state index contributed by atoms with van der Waals surface area (Å²) < 4.78 is 57.4. The number of halogens is 4. The molecule has 0 amide bonds. The number of hydrogen-bond donors (Lipinski definition) is 2. The normalized spacial score (nSPS) is 14.9. The average molecular weight is 672 g/mol. The molecule has 0 unspecified atom stereocenters. The van der Waals surface area contributed by atoms with Crippen LogP contribution >= 0.6 is 11.9 Å². The summed E-state index contributed by atoms with van der Waals surface area (Å²) >= 11 is 1.05. The molecule has 0 aliphatic carbocycles. The van der Waals surface area contributed by atoms with Gasteiger partial charge in [-0.1, -0.05) is 0 Å². The first-order chi connectivity index (χ1) is 13.7. The minimum atomic E-state index is -2.68. The molecule has 1 aliphatic rings. The minimum absolute atomic E-state index is 0. The zero-order chi connectivity index (χ0) is 21.6. The van der Waals surface area contributed by atoms with Gasteiger partial charge in [-0.2, -0.15) is 4.39 Å². The van der Waals surface area contributed by atoms with Gasteiger partial charge in [0.2, 0.25) is 5.82 Å². The van der Waals surface area contributed by atoms with E-state index >= 15 is 0 Å². The van der Waals surface area contributed by atoms with Gasteiger partial charge in [0.05, 0.1) is 18.5 Å². The summed E-state index contributed by atoms with van der Waals surface area (Å²) in [5, 5.41) is 16.0. The van der Waals surface area contributed by atoms with E-state index in [1.807, 2.05) is 0 Å². The zero-order valence-electron chi connectivity index (χ0n) is 16.4. The van der Waals surface area contributed by atoms with Crippen molar-refractivity contribution < 1.29 is 58.6 Å². The van der Waals surface area contributed by atoms with Crippen molar-refractivity contribution in [2.75, 3.05) is 37.2 Å². The summed E-state index contributed by atoms with van der Waals surface area (Å²) in [6.45, 7) is 0.183. The molecule has 164 valence electrons. The van der Waals surface area contributed by atoms with Gasteiger partial charge in [-0.15, -0.1) is 0 Å². The standard InChI is InChI=1S/C12H13F4NO.C6H9N3OS.U/c1-18-11-9(3-2-8(13)10(11)14)17-6-4-12(15,16)5-7-17;1-9(10)5-2-3-8-6(4-5)11-7;/h2-3H,4-7H2,1H3;2-4,10H,7H2,1H3;. The van der Waals surface area contributed by atoms with Crippen molar-refractivity contribution in [3.8, 4) is 5.75 Å². The van der Waals surface area contributed by atoms with Crippen LogP contribution in [-0.4, -0.2) is 43.4 Å². The first-order valence-electron chi connectivity index (χ1n) is 8.58. The number of pyridine rings is 1. The van der Waals surface area contributed by atoms with Crippen molar-refractivity contribution in [1.29, 1.82) is 0 Å². The summed E-state index contributed by atoms with van der Waals surface area (Å²) in [6.07, 6.45) is 1.00. The number of benzene rings is 1. The quantitative estimate of drug-likeness (QED) is 0.288. The monoisotopic (exact) mass is 672 g/mol. The predicted octanol–water partition coefficient (Wildman–Crippen LogP) is 4.08. The molecule has 2 aromatic rings. The van der Waals surface area contributed by atoms with Gasteiger partial charge in [-0.25, -0.2) is 18.2 Å². The van der Waals surface area contributed by atoms with E-state index in [1.165, 1.54) is 13.2 Å².